The summed E-state index contributed by atoms with van der Waals surface area (Å²) < 4.78 is 7.78. The molecule has 0 spiro atoms. The Bertz CT molecular complexity index is 2400. The number of aromatic nitrogens is 1. The highest BCUT2D eigenvalue weighted by molar-refractivity contribution is 7.27. The topological polar surface area (TPSA) is 4.93 Å². The fourth-order valence-electron chi connectivity index (χ4n) is 6.25. The van der Waals surface area contributed by atoms with E-state index in [9.17, 15) is 0 Å². The van der Waals surface area contributed by atoms with Crippen LogP contribution in [0.4, 0.5) is 0 Å². The maximum atomic E-state index is 2.42. The van der Waals surface area contributed by atoms with Crippen molar-refractivity contribution in [3.05, 3.63) is 140 Å². The van der Waals surface area contributed by atoms with Gasteiger partial charge in [0, 0.05) is 41.3 Å². The lowest BCUT2D eigenvalue weighted by molar-refractivity contribution is 1.19. The van der Waals surface area contributed by atoms with Gasteiger partial charge in [0.05, 0.1) is 15.7 Å². The summed E-state index contributed by atoms with van der Waals surface area (Å²) in [6.07, 6.45) is 0. The van der Waals surface area contributed by atoms with E-state index in [1.165, 1.54) is 79.3 Å². The predicted octanol–water partition coefficient (Wildman–Crippen LogP) is 11.7. The van der Waals surface area contributed by atoms with Gasteiger partial charge in [-0.3, -0.25) is 0 Å². The third-order valence-electron chi connectivity index (χ3n) is 8.22. The first-order chi connectivity index (χ1) is 20.3. The summed E-state index contributed by atoms with van der Waals surface area (Å²) in [6, 6.07) is 51.0. The molecule has 0 N–H and O–H groups in total. The number of rotatable bonds is 3. The maximum Gasteiger partial charge on any atom is 0.0727 e. The molecule has 0 fully saturated rings. The SMILES string of the molecule is c1ccc(-n2c3ccccc3c3sc4cc(-c5ccc(-c6ccc7sc8ccccc8c7c6)cc5)ccc4c32)cc1. The summed E-state index contributed by atoms with van der Waals surface area (Å²) >= 11 is 3.77. The van der Waals surface area contributed by atoms with Crippen molar-refractivity contribution in [1.29, 1.82) is 0 Å². The minimum atomic E-state index is 1.20. The van der Waals surface area contributed by atoms with Gasteiger partial charge in [0.1, 0.15) is 0 Å². The third kappa shape index (κ3) is 3.53. The van der Waals surface area contributed by atoms with Gasteiger partial charge in [0.2, 0.25) is 0 Å². The van der Waals surface area contributed by atoms with Gasteiger partial charge in [0.15, 0.2) is 0 Å². The van der Waals surface area contributed by atoms with Gasteiger partial charge in [-0.05, 0) is 64.7 Å². The zero-order valence-electron chi connectivity index (χ0n) is 22.0. The van der Waals surface area contributed by atoms with Gasteiger partial charge < -0.3 is 4.57 Å². The van der Waals surface area contributed by atoms with Crippen molar-refractivity contribution >= 4 is 74.1 Å². The van der Waals surface area contributed by atoms with Crippen molar-refractivity contribution in [2.45, 2.75) is 0 Å². The number of fused-ring (bicyclic) bond motifs is 8. The molecule has 0 atom stereocenters. The van der Waals surface area contributed by atoms with Crippen LogP contribution in [0, 0.1) is 0 Å². The minimum absolute atomic E-state index is 1.20. The molecule has 6 aromatic carbocycles. The van der Waals surface area contributed by atoms with Gasteiger partial charge in [-0.15, -0.1) is 22.7 Å². The zero-order chi connectivity index (χ0) is 26.9. The molecule has 0 aliphatic carbocycles. The number of benzene rings is 6. The summed E-state index contributed by atoms with van der Waals surface area (Å²) in [4.78, 5) is 0. The van der Waals surface area contributed by atoms with E-state index in [0.29, 0.717) is 0 Å². The Morgan fingerprint density at radius 1 is 0.390 bits per heavy atom. The molecule has 1 nitrogen and oxygen atoms in total. The number of thiophene rings is 2. The molecule has 41 heavy (non-hydrogen) atoms. The molecule has 3 heterocycles. The van der Waals surface area contributed by atoms with Gasteiger partial charge in [0.25, 0.3) is 0 Å². The zero-order valence-corrected chi connectivity index (χ0v) is 23.7. The fraction of sp³-hybridized carbons (Fsp3) is 0. The standard InChI is InChI=1S/C38H23NS2/c1-2-8-28(9-3-1)39-33-12-6-4-11-30(33)38-37(39)31-20-18-27(23-36(31)41-38)25-16-14-24(15-17-25)26-19-21-35-32(22-26)29-10-5-7-13-34(29)40-35/h1-23H. The minimum Gasteiger partial charge on any atom is -0.308 e. The molecule has 0 saturated carbocycles. The Morgan fingerprint density at radius 2 is 1.02 bits per heavy atom. The first-order valence-corrected chi connectivity index (χ1v) is 15.5. The monoisotopic (exact) mass is 557 g/mol. The Hall–Kier alpha value is -4.70. The van der Waals surface area contributed by atoms with Crippen LogP contribution in [0.3, 0.4) is 0 Å². The lowest BCUT2D eigenvalue weighted by Crippen LogP contribution is -1.92. The molecule has 3 aromatic heterocycles. The summed E-state index contributed by atoms with van der Waals surface area (Å²) in [5.74, 6) is 0. The van der Waals surface area contributed by atoms with Crippen LogP contribution in [-0.2, 0) is 0 Å². The van der Waals surface area contributed by atoms with E-state index < -0.39 is 0 Å². The van der Waals surface area contributed by atoms with Crippen molar-refractivity contribution in [2.24, 2.45) is 0 Å². The smallest absolute Gasteiger partial charge is 0.0727 e. The second-order valence-electron chi connectivity index (χ2n) is 10.6. The molecule has 9 rings (SSSR count). The van der Waals surface area contributed by atoms with Gasteiger partial charge >= 0.3 is 0 Å². The molecule has 3 heteroatoms. The summed E-state index contributed by atoms with van der Waals surface area (Å²) in [6.45, 7) is 0. The molecule has 0 radical (unpaired) electrons. The Kier molecular flexibility index (Phi) is 5.00. The van der Waals surface area contributed by atoms with E-state index in [1.807, 2.05) is 22.7 Å². The van der Waals surface area contributed by atoms with E-state index in [0.717, 1.165) is 0 Å². The lowest BCUT2D eigenvalue weighted by Gasteiger charge is -2.08. The van der Waals surface area contributed by atoms with Crippen LogP contribution in [0.1, 0.15) is 0 Å². The first kappa shape index (κ1) is 23.0. The molecule has 9 aromatic rings. The average molecular weight is 558 g/mol. The summed E-state index contributed by atoms with van der Waals surface area (Å²) in [7, 11) is 0. The quantitative estimate of drug-likeness (QED) is 0.204. The van der Waals surface area contributed by atoms with E-state index in [2.05, 4.69) is 144 Å². The lowest BCUT2D eigenvalue weighted by atomic mass is 9.99. The largest absolute Gasteiger partial charge is 0.308 e. The molecule has 192 valence electrons. The van der Waals surface area contributed by atoms with E-state index in [4.69, 9.17) is 0 Å². The van der Waals surface area contributed by atoms with Crippen molar-refractivity contribution in [3.8, 4) is 27.9 Å². The Morgan fingerprint density at radius 3 is 1.85 bits per heavy atom. The van der Waals surface area contributed by atoms with Crippen molar-refractivity contribution < 1.29 is 0 Å². The second kappa shape index (κ2) is 8.90. The van der Waals surface area contributed by atoms with Crippen molar-refractivity contribution in [3.63, 3.8) is 0 Å². The van der Waals surface area contributed by atoms with Gasteiger partial charge in [-0.2, -0.15) is 0 Å². The highest BCUT2D eigenvalue weighted by Gasteiger charge is 2.18. The van der Waals surface area contributed by atoms with E-state index >= 15 is 0 Å². The Balaban J connectivity index is 1.14. The second-order valence-corrected chi connectivity index (χ2v) is 12.7. The van der Waals surface area contributed by atoms with Crippen LogP contribution in [0.25, 0.3) is 79.3 Å². The van der Waals surface area contributed by atoms with Crippen molar-refractivity contribution in [2.75, 3.05) is 0 Å². The summed E-state index contributed by atoms with van der Waals surface area (Å²) in [5, 5.41) is 5.31. The molecule has 0 saturated heterocycles. The molecule has 0 bridgehead atoms. The van der Waals surface area contributed by atoms with Crippen LogP contribution in [0.15, 0.2) is 140 Å². The molecule has 0 amide bonds. The van der Waals surface area contributed by atoms with Crippen LogP contribution in [0.2, 0.25) is 0 Å². The summed E-state index contributed by atoms with van der Waals surface area (Å²) in [5.41, 5.74) is 8.77. The molecule has 0 aliphatic heterocycles. The first-order valence-electron chi connectivity index (χ1n) is 13.9. The molecule has 0 unspecified atom stereocenters. The number of hydrogen-bond donors (Lipinski definition) is 0. The van der Waals surface area contributed by atoms with Crippen LogP contribution < -0.4 is 0 Å². The molecule has 0 aliphatic rings. The predicted molar refractivity (Wildman–Crippen MR) is 180 cm³/mol. The van der Waals surface area contributed by atoms with Crippen molar-refractivity contribution in [1.82, 2.24) is 4.57 Å². The normalized spacial score (nSPS) is 11.9. The van der Waals surface area contributed by atoms with Gasteiger partial charge in [-0.25, -0.2) is 0 Å². The number of hydrogen-bond acceptors (Lipinski definition) is 2. The maximum absolute atomic E-state index is 2.42. The van der Waals surface area contributed by atoms with Crippen LogP contribution in [0.5, 0.6) is 0 Å². The fourth-order valence-corrected chi connectivity index (χ4v) is 8.60. The van der Waals surface area contributed by atoms with Crippen LogP contribution in [-0.4, -0.2) is 4.57 Å². The number of nitrogens with zero attached hydrogens (tertiary/aromatic N) is 1. The number of para-hydroxylation sites is 2. The average Bonchev–Trinajstić information content (AvgIpc) is 3.69. The van der Waals surface area contributed by atoms with Crippen LogP contribution >= 0.6 is 22.7 Å². The highest BCUT2D eigenvalue weighted by atomic mass is 32.1. The van der Waals surface area contributed by atoms with Gasteiger partial charge in [-0.1, -0.05) is 97.1 Å². The molecular formula is C38H23NS2. The Labute approximate surface area is 245 Å². The highest BCUT2D eigenvalue weighted by Crippen LogP contribution is 2.43. The third-order valence-corrected chi connectivity index (χ3v) is 10.5. The van der Waals surface area contributed by atoms with E-state index in [1.54, 1.807) is 0 Å². The molecular weight excluding hydrogens is 535 g/mol. The van der Waals surface area contributed by atoms with E-state index in [-0.39, 0.29) is 0 Å².